The number of pyridine rings is 2. The molecule has 2 atom stereocenters. The Hall–Kier alpha value is -2.72. The molecule has 8 nitrogen and oxygen atoms in total. The average Bonchev–Trinajstić information content (AvgIpc) is 3.15. The minimum atomic E-state index is -1.10. The van der Waals surface area contributed by atoms with E-state index >= 15 is 0 Å². The lowest BCUT2D eigenvalue weighted by molar-refractivity contribution is 0.119. The van der Waals surface area contributed by atoms with E-state index in [9.17, 15) is 9.18 Å². The second kappa shape index (κ2) is 8.57. The van der Waals surface area contributed by atoms with Gasteiger partial charge in [0.05, 0.1) is 12.1 Å². The molecule has 0 spiro atoms. The van der Waals surface area contributed by atoms with Crippen molar-refractivity contribution >= 4 is 34.1 Å². The Morgan fingerprint density at radius 2 is 2.17 bits per heavy atom. The van der Waals surface area contributed by atoms with Gasteiger partial charge in [0.15, 0.2) is 5.01 Å². The maximum atomic E-state index is 14.5. The first-order valence-electron chi connectivity index (χ1n) is 9.92. The molecule has 0 saturated carbocycles. The van der Waals surface area contributed by atoms with E-state index in [0.717, 1.165) is 21.1 Å². The topological polar surface area (TPSA) is 95.9 Å². The van der Waals surface area contributed by atoms with Crippen LogP contribution in [-0.2, 0) is 0 Å². The van der Waals surface area contributed by atoms with Gasteiger partial charge < -0.3 is 10.2 Å². The fraction of sp³-hybridized carbons (Fsp3) is 0.450. The molecule has 0 aromatic carbocycles. The lowest BCUT2D eigenvalue weighted by Gasteiger charge is -2.35. The summed E-state index contributed by atoms with van der Waals surface area (Å²) in [5.74, 6) is 0.378. The van der Waals surface area contributed by atoms with E-state index in [1.54, 1.807) is 12.3 Å². The fourth-order valence-electron chi connectivity index (χ4n) is 3.50. The van der Waals surface area contributed by atoms with Crippen LogP contribution in [0.25, 0.3) is 21.6 Å². The molecule has 1 aliphatic rings. The second-order valence-corrected chi connectivity index (χ2v) is 8.88. The maximum absolute atomic E-state index is 14.5. The lowest BCUT2D eigenvalue weighted by atomic mass is 10.0. The summed E-state index contributed by atoms with van der Waals surface area (Å²) < 4.78 is 14.5. The van der Waals surface area contributed by atoms with Crippen molar-refractivity contribution in [1.82, 2.24) is 30.4 Å². The predicted octanol–water partition coefficient (Wildman–Crippen LogP) is 3.40. The molecule has 0 unspecified atom stereocenters. The van der Waals surface area contributed by atoms with Crippen LogP contribution < -0.4 is 10.6 Å². The van der Waals surface area contributed by atoms with E-state index in [1.807, 2.05) is 32.9 Å². The van der Waals surface area contributed by atoms with Gasteiger partial charge in [-0.25, -0.2) is 19.2 Å². The normalized spacial score (nSPS) is 19.4. The molecule has 2 amide bonds. The van der Waals surface area contributed by atoms with Crippen molar-refractivity contribution in [2.75, 3.05) is 18.4 Å². The molecule has 1 fully saturated rings. The summed E-state index contributed by atoms with van der Waals surface area (Å²) in [6.07, 6.45) is 1.13. The average molecular weight is 430 g/mol. The van der Waals surface area contributed by atoms with Crippen molar-refractivity contribution in [3.8, 4) is 10.7 Å². The minimum absolute atomic E-state index is 0.0581. The molecular formula is C20H24FN7OS. The largest absolute Gasteiger partial charge is 0.323 e. The molecule has 4 heterocycles. The van der Waals surface area contributed by atoms with Gasteiger partial charge in [-0.3, -0.25) is 5.32 Å². The number of nitrogens with one attached hydrogen (secondary N) is 2. The van der Waals surface area contributed by atoms with Gasteiger partial charge in [0.25, 0.3) is 0 Å². The van der Waals surface area contributed by atoms with Crippen molar-refractivity contribution in [3.05, 3.63) is 29.4 Å². The Morgan fingerprint density at radius 1 is 1.33 bits per heavy atom. The van der Waals surface area contributed by atoms with E-state index in [0.29, 0.717) is 24.3 Å². The van der Waals surface area contributed by atoms with Crippen LogP contribution in [0.1, 0.15) is 25.3 Å². The number of rotatable bonds is 4. The van der Waals surface area contributed by atoms with Crippen LogP contribution in [0.4, 0.5) is 15.0 Å². The molecule has 1 saturated heterocycles. The summed E-state index contributed by atoms with van der Waals surface area (Å²) in [6, 6.07) is 5.12. The van der Waals surface area contributed by atoms with Crippen molar-refractivity contribution in [3.63, 3.8) is 0 Å². The Kier molecular flexibility index (Phi) is 5.87. The van der Waals surface area contributed by atoms with Gasteiger partial charge in [-0.2, -0.15) is 0 Å². The number of anilines is 1. The van der Waals surface area contributed by atoms with Crippen LogP contribution in [0.3, 0.4) is 0 Å². The summed E-state index contributed by atoms with van der Waals surface area (Å²) in [5.41, 5.74) is 1.41. The number of carbonyl (C=O) groups excluding carboxylic acids is 1. The van der Waals surface area contributed by atoms with Gasteiger partial charge in [-0.05, 0) is 25.5 Å². The molecular weight excluding hydrogens is 405 g/mol. The van der Waals surface area contributed by atoms with Crippen LogP contribution in [-0.4, -0.2) is 62.4 Å². The number of urea groups is 1. The van der Waals surface area contributed by atoms with E-state index in [1.165, 1.54) is 16.2 Å². The molecule has 10 heteroatoms. The van der Waals surface area contributed by atoms with Gasteiger partial charge in [0, 0.05) is 36.3 Å². The minimum Gasteiger partial charge on any atom is -0.321 e. The SMILES string of the molecule is Cc1nnc(-c2ccc3cnc(NC(=O)N4CC[C@H](NC(C)C)[C@@H](F)C4)cc3n2)s1. The summed E-state index contributed by atoms with van der Waals surface area (Å²) in [4.78, 5) is 23.0. The number of amides is 2. The number of piperidine rings is 1. The Balaban J connectivity index is 1.46. The Morgan fingerprint density at radius 3 is 2.87 bits per heavy atom. The number of halogens is 1. The van der Waals surface area contributed by atoms with Crippen molar-refractivity contribution in [2.45, 2.75) is 45.4 Å². The summed E-state index contributed by atoms with van der Waals surface area (Å²) >= 11 is 1.47. The molecule has 0 aliphatic carbocycles. The molecule has 4 rings (SSSR count). The summed E-state index contributed by atoms with van der Waals surface area (Å²) in [7, 11) is 0. The van der Waals surface area contributed by atoms with Crippen molar-refractivity contribution < 1.29 is 9.18 Å². The first kappa shape index (κ1) is 20.5. The molecule has 30 heavy (non-hydrogen) atoms. The molecule has 2 N–H and O–H groups in total. The number of nitrogens with zero attached hydrogens (tertiary/aromatic N) is 5. The molecule has 0 bridgehead atoms. The van der Waals surface area contributed by atoms with E-state index < -0.39 is 6.17 Å². The van der Waals surface area contributed by atoms with Gasteiger partial charge in [-0.1, -0.05) is 25.2 Å². The first-order valence-corrected chi connectivity index (χ1v) is 10.7. The van der Waals surface area contributed by atoms with Gasteiger partial charge in [0.2, 0.25) is 0 Å². The third-order valence-electron chi connectivity index (χ3n) is 4.93. The second-order valence-electron chi connectivity index (χ2n) is 7.69. The van der Waals surface area contributed by atoms with Gasteiger partial charge in [-0.15, -0.1) is 10.2 Å². The summed E-state index contributed by atoms with van der Waals surface area (Å²) in [5, 5.41) is 16.6. The lowest BCUT2D eigenvalue weighted by Crippen LogP contribution is -2.54. The highest BCUT2D eigenvalue weighted by atomic mass is 32.1. The van der Waals surface area contributed by atoms with E-state index in [2.05, 4.69) is 30.8 Å². The third-order valence-corrected chi connectivity index (χ3v) is 5.79. The number of aromatic nitrogens is 4. The fourth-order valence-corrected chi connectivity index (χ4v) is 4.16. The van der Waals surface area contributed by atoms with Gasteiger partial charge in [0.1, 0.15) is 22.7 Å². The van der Waals surface area contributed by atoms with Crippen LogP contribution in [0.2, 0.25) is 0 Å². The van der Waals surface area contributed by atoms with E-state index in [4.69, 9.17) is 0 Å². The Labute approximate surface area is 177 Å². The first-order chi connectivity index (χ1) is 14.4. The number of fused-ring (bicyclic) bond motifs is 1. The van der Waals surface area contributed by atoms with Crippen LogP contribution >= 0.6 is 11.3 Å². The zero-order valence-corrected chi connectivity index (χ0v) is 17.9. The zero-order valence-electron chi connectivity index (χ0n) is 17.1. The molecule has 0 radical (unpaired) electrons. The number of carbonyl (C=O) groups is 1. The van der Waals surface area contributed by atoms with Gasteiger partial charge >= 0.3 is 6.03 Å². The quantitative estimate of drug-likeness (QED) is 0.660. The number of hydrogen-bond acceptors (Lipinski definition) is 7. The van der Waals surface area contributed by atoms with Crippen molar-refractivity contribution in [1.29, 1.82) is 0 Å². The Bertz CT molecular complexity index is 1060. The highest BCUT2D eigenvalue weighted by Crippen LogP contribution is 2.24. The number of alkyl halides is 1. The monoisotopic (exact) mass is 429 g/mol. The highest BCUT2D eigenvalue weighted by Gasteiger charge is 2.31. The standard InChI is InChI=1S/C20H24FN7OS/c1-11(2)23-15-6-7-28(10-14(15)21)20(29)25-18-8-17-13(9-22-18)4-5-16(24-17)19-27-26-12(3)30-19/h4-5,8-9,11,14-15,23H,6-7,10H2,1-3H3,(H,22,25,29)/t14-,15-/m0/s1. The van der Waals surface area contributed by atoms with E-state index in [-0.39, 0.29) is 24.7 Å². The van der Waals surface area contributed by atoms with Crippen LogP contribution in [0, 0.1) is 6.92 Å². The third kappa shape index (κ3) is 4.54. The zero-order chi connectivity index (χ0) is 21.3. The smallest absolute Gasteiger partial charge is 0.321 e. The maximum Gasteiger partial charge on any atom is 0.323 e. The molecule has 3 aromatic rings. The molecule has 3 aromatic heterocycles. The van der Waals surface area contributed by atoms with Crippen LogP contribution in [0.15, 0.2) is 24.4 Å². The predicted molar refractivity (Wildman–Crippen MR) is 115 cm³/mol. The highest BCUT2D eigenvalue weighted by molar-refractivity contribution is 7.14. The molecule has 1 aliphatic heterocycles. The van der Waals surface area contributed by atoms with Crippen LogP contribution in [0.5, 0.6) is 0 Å². The number of aryl methyl sites for hydroxylation is 1. The summed E-state index contributed by atoms with van der Waals surface area (Å²) in [6.45, 7) is 6.42. The number of likely N-dealkylation sites (tertiary alicyclic amines) is 1. The van der Waals surface area contributed by atoms with Crippen molar-refractivity contribution in [2.24, 2.45) is 0 Å². The molecule has 158 valence electrons. The number of hydrogen-bond donors (Lipinski definition) is 2.